The number of nitrogens with one attached hydrogen (secondary N) is 2. The van der Waals surface area contributed by atoms with E-state index in [0.29, 0.717) is 22.4 Å². The summed E-state index contributed by atoms with van der Waals surface area (Å²) in [5, 5.41) is 15.1. The maximum Gasteiger partial charge on any atom is 0.264 e. The first-order valence-corrected chi connectivity index (χ1v) is 12.4. The number of hydrogen-bond acceptors (Lipinski definition) is 7. The Morgan fingerprint density at radius 2 is 1.74 bits per heavy atom. The van der Waals surface area contributed by atoms with Crippen LogP contribution in [0.4, 0.5) is 5.69 Å². The van der Waals surface area contributed by atoms with Gasteiger partial charge in [0.05, 0.1) is 16.9 Å². The number of fused-ring (bicyclic) bond motifs is 1. The average molecular weight is 496 g/mol. The van der Waals surface area contributed by atoms with E-state index in [1.165, 1.54) is 44.3 Å². The molecule has 0 saturated carbocycles. The van der Waals surface area contributed by atoms with E-state index < -0.39 is 39.8 Å². The minimum atomic E-state index is -4.16. The fourth-order valence-corrected chi connectivity index (χ4v) is 5.85. The molecule has 1 heterocycles. The molecule has 10 heteroatoms. The highest BCUT2D eigenvalue weighted by molar-refractivity contribution is 7.89. The summed E-state index contributed by atoms with van der Waals surface area (Å²) in [6.45, 7) is 2.87. The van der Waals surface area contributed by atoms with Gasteiger partial charge in [-0.15, -0.1) is 0 Å². The van der Waals surface area contributed by atoms with Crippen molar-refractivity contribution in [2.75, 3.05) is 11.9 Å². The molecule has 4 rings (SSSR count). The van der Waals surface area contributed by atoms with Crippen molar-refractivity contribution in [3.8, 4) is 0 Å². The summed E-state index contributed by atoms with van der Waals surface area (Å²) in [7, 11) is -4.16. The molecule has 0 aromatic heterocycles. The molecule has 35 heavy (non-hydrogen) atoms. The first-order valence-electron chi connectivity index (χ1n) is 11.0. The van der Waals surface area contributed by atoms with Gasteiger partial charge in [0.15, 0.2) is 0 Å². The summed E-state index contributed by atoms with van der Waals surface area (Å²) in [5.41, 5.74) is 1.87. The van der Waals surface area contributed by atoms with Gasteiger partial charge in [0.2, 0.25) is 17.5 Å². The lowest BCUT2D eigenvalue weighted by Crippen LogP contribution is -2.48. The highest BCUT2D eigenvalue weighted by atomic mass is 32.2. The second-order valence-corrected chi connectivity index (χ2v) is 10.3. The number of allylic oxidation sites excluding steroid dienone is 1. The van der Waals surface area contributed by atoms with Crippen LogP contribution in [0.2, 0.25) is 0 Å². The van der Waals surface area contributed by atoms with Gasteiger partial charge in [-0.05, 0) is 54.0 Å². The SMILES string of the molecule is CC(=O)Nc1ccc(S(=O)(=O)N2C=C(c3ccccc3)C3C(=O)C(=O)C=C(CNC(C)O)C32)cc1. The maximum absolute atomic E-state index is 13.8. The molecule has 2 aromatic rings. The van der Waals surface area contributed by atoms with Gasteiger partial charge >= 0.3 is 0 Å². The van der Waals surface area contributed by atoms with Gasteiger partial charge in [0.1, 0.15) is 6.23 Å². The van der Waals surface area contributed by atoms with E-state index in [1.54, 1.807) is 30.3 Å². The number of ketones is 2. The number of carbonyl (C=O) groups excluding carboxylic acids is 3. The van der Waals surface area contributed by atoms with Gasteiger partial charge in [-0.1, -0.05) is 30.3 Å². The van der Waals surface area contributed by atoms with Crippen LogP contribution >= 0.6 is 0 Å². The van der Waals surface area contributed by atoms with Crippen molar-refractivity contribution < 1.29 is 27.9 Å². The number of anilines is 1. The Labute approximate surface area is 203 Å². The van der Waals surface area contributed by atoms with Crippen molar-refractivity contribution in [1.82, 2.24) is 9.62 Å². The zero-order chi connectivity index (χ0) is 25.3. The van der Waals surface area contributed by atoms with Crippen LogP contribution in [-0.2, 0) is 24.4 Å². The molecule has 182 valence electrons. The topological polar surface area (TPSA) is 133 Å². The molecule has 9 nitrogen and oxygen atoms in total. The van der Waals surface area contributed by atoms with Crippen molar-refractivity contribution in [2.24, 2.45) is 5.92 Å². The highest BCUT2D eigenvalue weighted by Crippen LogP contribution is 2.44. The molecule has 0 spiro atoms. The molecule has 0 saturated heterocycles. The van der Waals surface area contributed by atoms with E-state index >= 15 is 0 Å². The summed E-state index contributed by atoms with van der Waals surface area (Å²) in [5.74, 6) is -2.71. The Bertz CT molecular complexity index is 1330. The standard InChI is InChI=1S/C25H25N3O6S/c1-15(29)26-13-18-12-22(31)25(32)23-21(17-6-4-3-5-7-17)14-28(24(18)23)35(33,34)20-10-8-19(9-11-20)27-16(2)30/h3-12,14-15,23-24,26,29H,13H2,1-2H3,(H,27,30). The Hall–Kier alpha value is -3.60. The maximum atomic E-state index is 13.8. The quantitative estimate of drug-likeness (QED) is 0.393. The normalized spacial score (nSPS) is 20.7. The molecule has 3 atom stereocenters. The number of amides is 1. The van der Waals surface area contributed by atoms with Crippen molar-refractivity contribution in [1.29, 1.82) is 0 Å². The zero-order valence-corrected chi connectivity index (χ0v) is 20.0. The molecule has 1 amide bonds. The van der Waals surface area contributed by atoms with E-state index in [4.69, 9.17) is 0 Å². The molecule has 2 aliphatic rings. The summed E-state index contributed by atoms with van der Waals surface area (Å²) >= 11 is 0. The molecule has 2 aromatic carbocycles. The highest BCUT2D eigenvalue weighted by Gasteiger charge is 2.50. The summed E-state index contributed by atoms with van der Waals surface area (Å²) in [4.78, 5) is 36.9. The second-order valence-electron chi connectivity index (χ2n) is 8.42. The molecule has 1 aliphatic carbocycles. The molecule has 0 radical (unpaired) electrons. The predicted molar refractivity (Wildman–Crippen MR) is 129 cm³/mol. The lowest BCUT2D eigenvalue weighted by atomic mass is 9.78. The monoisotopic (exact) mass is 495 g/mol. The molecular formula is C25H25N3O6S. The Balaban J connectivity index is 1.82. The van der Waals surface area contributed by atoms with E-state index in [1.807, 2.05) is 0 Å². The number of benzene rings is 2. The zero-order valence-electron chi connectivity index (χ0n) is 19.1. The molecule has 3 N–H and O–H groups in total. The largest absolute Gasteiger partial charge is 0.379 e. The predicted octanol–water partition coefficient (Wildman–Crippen LogP) is 1.68. The lowest BCUT2D eigenvalue weighted by molar-refractivity contribution is -0.136. The first kappa shape index (κ1) is 24.5. The number of nitrogens with zero attached hydrogens (tertiary/aromatic N) is 1. The van der Waals surface area contributed by atoms with Crippen LogP contribution in [0.5, 0.6) is 0 Å². The summed E-state index contributed by atoms with van der Waals surface area (Å²) in [6.07, 6.45) is 1.66. The lowest BCUT2D eigenvalue weighted by Gasteiger charge is -2.33. The minimum Gasteiger partial charge on any atom is -0.379 e. The first-order chi connectivity index (χ1) is 16.6. The Morgan fingerprint density at radius 3 is 2.34 bits per heavy atom. The Morgan fingerprint density at radius 1 is 1.09 bits per heavy atom. The van der Waals surface area contributed by atoms with Crippen molar-refractivity contribution in [2.45, 2.75) is 31.0 Å². The van der Waals surface area contributed by atoms with E-state index in [-0.39, 0.29) is 17.3 Å². The van der Waals surface area contributed by atoms with Crippen LogP contribution in [0.15, 0.2) is 77.3 Å². The van der Waals surface area contributed by atoms with E-state index in [0.717, 1.165) is 10.4 Å². The number of aliphatic hydroxyl groups excluding tert-OH is 1. The fourth-order valence-electron chi connectivity index (χ4n) is 4.31. The molecule has 0 bridgehead atoms. The van der Waals surface area contributed by atoms with Crippen molar-refractivity contribution in [3.05, 3.63) is 78.0 Å². The van der Waals surface area contributed by atoms with Gasteiger partial charge in [-0.3, -0.25) is 24.0 Å². The number of carbonyl (C=O) groups is 3. The molecule has 3 unspecified atom stereocenters. The van der Waals surface area contributed by atoms with E-state index in [2.05, 4.69) is 10.6 Å². The third-order valence-electron chi connectivity index (χ3n) is 5.87. The third-order valence-corrected chi connectivity index (χ3v) is 7.63. The van der Waals surface area contributed by atoms with Crippen LogP contribution < -0.4 is 10.6 Å². The molecular weight excluding hydrogens is 470 g/mol. The van der Waals surface area contributed by atoms with E-state index in [9.17, 15) is 27.9 Å². The minimum absolute atomic E-state index is 0.0151. The van der Waals surface area contributed by atoms with Crippen LogP contribution in [0.25, 0.3) is 5.57 Å². The average Bonchev–Trinajstić information content (AvgIpc) is 3.23. The van der Waals surface area contributed by atoms with Gasteiger partial charge in [-0.2, -0.15) is 0 Å². The summed E-state index contributed by atoms with van der Waals surface area (Å²) in [6, 6.07) is 13.6. The summed E-state index contributed by atoms with van der Waals surface area (Å²) < 4.78 is 28.7. The smallest absolute Gasteiger partial charge is 0.264 e. The number of sulfonamides is 1. The van der Waals surface area contributed by atoms with Crippen molar-refractivity contribution >= 4 is 38.8 Å². The Kier molecular flexibility index (Phi) is 6.70. The van der Waals surface area contributed by atoms with Crippen LogP contribution in [0.3, 0.4) is 0 Å². The fraction of sp³-hybridized carbons (Fsp3) is 0.240. The molecule has 0 fully saturated rings. The van der Waals surface area contributed by atoms with Gasteiger partial charge in [0.25, 0.3) is 10.0 Å². The van der Waals surface area contributed by atoms with Gasteiger partial charge in [-0.25, -0.2) is 8.42 Å². The van der Waals surface area contributed by atoms with Crippen LogP contribution in [-0.4, -0.2) is 54.1 Å². The number of aliphatic hydroxyl groups is 1. The number of rotatable bonds is 7. The third kappa shape index (κ3) is 4.81. The van der Waals surface area contributed by atoms with Crippen LogP contribution in [0, 0.1) is 5.92 Å². The van der Waals surface area contributed by atoms with Crippen molar-refractivity contribution in [3.63, 3.8) is 0 Å². The number of hydrogen-bond donors (Lipinski definition) is 3. The van der Waals surface area contributed by atoms with Crippen LogP contribution in [0.1, 0.15) is 19.4 Å². The molecule has 1 aliphatic heterocycles. The second kappa shape index (κ2) is 9.57. The van der Waals surface area contributed by atoms with Gasteiger partial charge in [0, 0.05) is 25.4 Å². The number of Topliss-reactive ketones (excluding diaryl/α,β-unsaturated/α-hetero) is 1. The van der Waals surface area contributed by atoms with Gasteiger partial charge < -0.3 is 10.4 Å².